The Hall–Kier alpha value is -3.00. The fraction of sp³-hybridized carbons (Fsp3) is 0.484. The predicted octanol–water partition coefficient (Wildman–Crippen LogP) is 5.97. The summed E-state index contributed by atoms with van der Waals surface area (Å²) in [5.74, 6) is -0.955. The van der Waals surface area contributed by atoms with E-state index in [0.29, 0.717) is 31.6 Å². The van der Waals surface area contributed by atoms with Crippen LogP contribution in [-0.2, 0) is 23.6 Å². The van der Waals surface area contributed by atoms with E-state index in [1.54, 1.807) is 6.20 Å². The summed E-state index contributed by atoms with van der Waals surface area (Å²) in [5.41, 5.74) is -2.04. The molecule has 3 aromatic rings. The molecule has 1 aromatic heterocycles. The molecule has 2 aliphatic rings. The molecule has 46 heavy (non-hydrogen) atoms. The number of H-pyrrole nitrogens is 1. The van der Waals surface area contributed by atoms with Gasteiger partial charge in [-0.2, -0.15) is 26.3 Å². The minimum atomic E-state index is -5.07. The zero-order chi connectivity index (χ0) is 31.6. The van der Waals surface area contributed by atoms with Crippen molar-refractivity contribution in [2.75, 3.05) is 58.9 Å². The summed E-state index contributed by atoms with van der Waals surface area (Å²) in [7, 11) is 0. The Morgan fingerprint density at radius 3 is 2.07 bits per heavy atom. The van der Waals surface area contributed by atoms with Crippen LogP contribution in [0.2, 0.25) is 0 Å². The van der Waals surface area contributed by atoms with E-state index in [1.165, 1.54) is 4.90 Å². The third-order valence-electron chi connectivity index (χ3n) is 8.42. The molecular weight excluding hydrogens is 659 g/mol. The van der Waals surface area contributed by atoms with Gasteiger partial charge in [-0.25, -0.2) is 0 Å². The minimum absolute atomic E-state index is 0. The first-order valence-electron chi connectivity index (χ1n) is 14.7. The van der Waals surface area contributed by atoms with E-state index in [2.05, 4.69) is 16.8 Å². The van der Waals surface area contributed by atoms with Gasteiger partial charge in [-0.1, -0.05) is 25.1 Å². The molecule has 2 aliphatic heterocycles. The molecule has 2 amide bonds. The van der Waals surface area contributed by atoms with Crippen molar-refractivity contribution < 1.29 is 35.9 Å². The molecule has 0 radical (unpaired) electrons. The highest BCUT2D eigenvalue weighted by molar-refractivity contribution is 5.95. The second kappa shape index (κ2) is 15.3. The number of fused-ring (bicyclic) bond motifs is 1. The van der Waals surface area contributed by atoms with Crippen LogP contribution in [0.4, 0.5) is 26.3 Å². The number of carbonyl (C=O) groups excluding carboxylic acids is 2. The molecule has 0 spiro atoms. The smallest absolute Gasteiger partial charge is 0.361 e. The van der Waals surface area contributed by atoms with E-state index in [0.717, 1.165) is 42.5 Å². The highest BCUT2D eigenvalue weighted by atomic mass is 35.5. The SMILES string of the molecule is CCCN1CCN(C(=O)CN2CCN(C(=O)c3cc(C(F)(F)F)cc(C(F)(F)F)c3)[C@H](Cc3c[nH]c4ccccc34)C2)CC1.Cl.Cl. The van der Waals surface area contributed by atoms with Crippen LogP contribution in [0.15, 0.2) is 48.7 Å². The third kappa shape index (κ3) is 8.67. The van der Waals surface area contributed by atoms with Crippen LogP contribution >= 0.6 is 24.8 Å². The number of carbonyl (C=O) groups is 2. The first-order chi connectivity index (χ1) is 20.8. The number of aromatic amines is 1. The van der Waals surface area contributed by atoms with Crippen LogP contribution in [0, 0.1) is 0 Å². The number of rotatable bonds is 7. The predicted molar refractivity (Wildman–Crippen MR) is 168 cm³/mol. The summed E-state index contributed by atoms with van der Waals surface area (Å²) in [6, 6.07) is 7.88. The highest BCUT2D eigenvalue weighted by Gasteiger charge is 2.39. The van der Waals surface area contributed by atoms with Crippen LogP contribution in [0.1, 0.15) is 40.4 Å². The van der Waals surface area contributed by atoms with Crippen LogP contribution in [0.5, 0.6) is 0 Å². The number of piperazine rings is 2. The molecule has 0 aliphatic carbocycles. The van der Waals surface area contributed by atoms with Gasteiger partial charge in [-0.15, -0.1) is 24.8 Å². The Morgan fingerprint density at radius 2 is 1.46 bits per heavy atom. The lowest BCUT2D eigenvalue weighted by Gasteiger charge is -2.42. The molecule has 3 heterocycles. The van der Waals surface area contributed by atoms with Crippen molar-refractivity contribution in [1.82, 2.24) is 24.6 Å². The number of nitrogens with zero attached hydrogens (tertiary/aromatic N) is 4. The Balaban J connectivity index is 0.00000288. The van der Waals surface area contributed by atoms with Crippen molar-refractivity contribution in [2.45, 2.75) is 38.2 Å². The molecule has 254 valence electrons. The van der Waals surface area contributed by atoms with Crippen LogP contribution in [0.25, 0.3) is 10.9 Å². The molecule has 15 heteroatoms. The van der Waals surface area contributed by atoms with E-state index in [-0.39, 0.29) is 63.0 Å². The van der Waals surface area contributed by atoms with Gasteiger partial charge < -0.3 is 14.8 Å². The number of alkyl halides is 6. The number of nitrogens with one attached hydrogen (secondary N) is 1. The largest absolute Gasteiger partial charge is 0.416 e. The molecule has 2 aromatic carbocycles. The average molecular weight is 697 g/mol. The summed E-state index contributed by atoms with van der Waals surface area (Å²) in [5, 5.41) is 0.900. The topological polar surface area (TPSA) is 62.9 Å². The Labute approximate surface area is 275 Å². The molecule has 2 saturated heterocycles. The number of aromatic nitrogens is 1. The van der Waals surface area contributed by atoms with Crippen LogP contribution in [0.3, 0.4) is 0 Å². The van der Waals surface area contributed by atoms with E-state index in [4.69, 9.17) is 0 Å². The summed E-state index contributed by atoms with van der Waals surface area (Å²) in [4.78, 5) is 37.5. The number of benzene rings is 2. The van der Waals surface area contributed by atoms with Gasteiger partial charge in [0.2, 0.25) is 5.91 Å². The normalized spacial score (nSPS) is 18.3. The Kier molecular flexibility index (Phi) is 12.4. The molecular formula is C31H37Cl2F6N5O2. The Morgan fingerprint density at radius 1 is 0.848 bits per heavy atom. The van der Waals surface area contributed by atoms with E-state index >= 15 is 0 Å². The fourth-order valence-electron chi connectivity index (χ4n) is 6.13. The summed E-state index contributed by atoms with van der Waals surface area (Å²) in [6.07, 6.45) is -7.02. The van der Waals surface area contributed by atoms with E-state index < -0.39 is 41.0 Å². The second-order valence-electron chi connectivity index (χ2n) is 11.5. The van der Waals surface area contributed by atoms with Gasteiger partial charge in [0, 0.05) is 74.5 Å². The van der Waals surface area contributed by atoms with Gasteiger partial charge in [0.25, 0.3) is 5.91 Å². The Bertz CT molecular complexity index is 1460. The van der Waals surface area contributed by atoms with Crippen molar-refractivity contribution >= 4 is 47.5 Å². The molecule has 2 fully saturated rings. The van der Waals surface area contributed by atoms with Crippen molar-refractivity contribution in [1.29, 1.82) is 0 Å². The molecule has 1 N–H and O–H groups in total. The number of hydrogen-bond acceptors (Lipinski definition) is 4. The molecule has 5 rings (SSSR count). The molecule has 7 nitrogen and oxygen atoms in total. The maximum absolute atomic E-state index is 13.7. The molecule has 1 atom stereocenters. The average Bonchev–Trinajstić information content (AvgIpc) is 3.39. The van der Waals surface area contributed by atoms with Crippen LogP contribution in [-0.4, -0.2) is 101 Å². The maximum atomic E-state index is 13.7. The van der Waals surface area contributed by atoms with Gasteiger partial charge in [-0.05, 0) is 49.2 Å². The molecule has 0 bridgehead atoms. The second-order valence-corrected chi connectivity index (χ2v) is 11.5. The highest BCUT2D eigenvalue weighted by Crippen LogP contribution is 2.37. The maximum Gasteiger partial charge on any atom is 0.416 e. The molecule has 0 unspecified atom stereocenters. The zero-order valence-electron chi connectivity index (χ0n) is 25.2. The van der Waals surface area contributed by atoms with Gasteiger partial charge in [0.15, 0.2) is 0 Å². The first kappa shape index (κ1) is 37.5. The summed E-state index contributed by atoms with van der Waals surface area (Å²) < 4.78 is 81.4. The standard InChI is InChI=1S/C31H35F6N5O2.2ClH/c1-2-7-39-8-11-41(12-9-39)28(43)20-40-10-13-42(25(19-40)16-22-18-38-27-6-4-3-5-26(22)27)29(44)21-14-23(30(32,33)34)17-24(15-21)31(35,36)37;;/h3-6,14-15,17-18,25,38H,2,7-13,16,19-20H2,1H3;2*1H/t25-;;/m1../s1. The summed E-state index contributed by atoms with van der Waals surface area (Å²) >= 11 is 0. The van der Waals surface area contributed by atoms with Gasteiger partial charge in [0.05, 0.1) is 17.7 Å². The summed E-state index contributed by atoms with van der Waals surface area (Å²) in [6.45, 7) is 6.55. The lowest BCUT2D eigenvalue weighted by Crippen LogP contribution is -2.58. The van der Waals surface area contributed by atoms with Crippen molar-refractivity contribution in [3.63, 3.8) is 0 Å². The fourth-order valence-corrected chi connectivity index (χ4v) is 6.13. The van der Waals surface area contributed by atoms with E-state index in [1.807, 2.05) is 34.1 Å². The van der Waals surface area contributed by atoms with Crippen molar-refractivity contribution in [3.05, 3.63) is 70.9 Å². The van der Waals surface area contributed by atoms with Crippen molar-refractivity contribution in [2.24, 2.45) is 0 Å². The third-order valence-corrected chi connectivity index (χ3v) is 8.42. The number of amides is 2. The van der Waals surface area contributed by atoms with Crippen LogP contribution < -0.4 is 0 Å². The monoisotopic (exact) mass is 695 g/mol. The van der Waals surface area contributed by atoms with Crippen molar-refractivity contribution in [3.8, 4) is 0 Å². The zero-order valence-corrected chi connectivity index (χ0v) is 26.8. The first-order valence-corrected chi connectivity index (χ1v) is 14.7. The van der Waals surface area contributed by atoms with Gasteiger partial charge in [-0.3, -0.25) is 19.4 Å². The lowest BCUT2D eigenvalue weighted by atomic mass is 9.98. The van der Waals surface area contributed by atoms with Gasteiger partial charge in [0.1, 0.15) is 0 Å². The lowest BCUT2D eigenvalue weighted by molar-refractivity contribution is -0.143. The number of halogens is 8. The quantitative estimate of drug-likeness (QED) is 0.310. The number of para-hydroxylation sites is 1. The van der Waals surface area contributed by atoms with Gasteiger partial charge >= 0.3 is 12.4 Å². The minimum Gasteiger partial charge on any atom is -0.361 e. The number of hydrogen-bond donors (Lipinski definition) is 1. The molecule has 0 saturated carbocycles. The van der Waals surface area contributed by atoms with E-state index in [9.17, 15) is 35.9 Å².